The number of hydrogen-bond acceptors (Lipinski definition) is 5. The summed E-state index contributed by atoms with van der Waals surface area (Å²) in [5.41, 5.74) is 0. The molecule has 0 unspecified atom stereocenters. The highest BCUT2D eigenvalue weighted by atomic mass is 16.5. The molecule has 0 bridgehead atoms. The van der Waals surface area contributed by atoms with E-state index in [0.29, 0.717) is 12.5 Å². The Kier molecular flexibility index (Phi) is 4.54. The first-order valence-corrected chi connectivity index (χ1v) is 5.59. The van der Waals surface area contributed by atoms with Crippen LogP contribution in [0.25, 0.3) is 0 Å². The molecule has 0 aliphatic heterocycles. The number of benzene rings is 1. The standard InChI is InChI=1S/C12H15N3O2/c1-2-4-11(5-3-1)16-9-8-13-7-6-12-14-10-15-17-12/h1-5,10,13H,6-9H2. The molecule has 1 aromatic carbocycles. The minimum atomic E-state index is 0.647. The van der Waals surface area contributed by atoms with E-state index in [1.807, 2.05) is 30.3 Å². The molecule has 0 fully saturated rings. The highest BCUT2D eigenvalue weighted by Gasteiger charge is 1.97. The van der Waals surface area contributed by atoms with Gasteiger partial charge < -0.3 is 14.6 Å². The Balaban J connectivity index is 1.52. The van der Waals surface area contributed by atoms with Crippen LogP contribution < -0.4 is 10.1 Å². The van der Waals surface area contributed by atoms with E-state index in [9.17, 15) is 0 Å². The van der Waals surface area contributed by atoms with E-state index >= 15 is 0 Å². The van der Waals surface area contributed by atoms with Crippen molar-refractivity contribution in [1.82, 2.24) is 15.5 Å². The first-order valence-electron chi connectivity index (χ1n) is 5.59. The average molecular weight is 233 g/mol. The quantitative estimate of drug-likeness (QED) is 0.730. The summed E-state index contributed by atoms with van der Waals surface area (Å²) in [4.78, 5) is 3.93. The number of ether oxygens (including phenoxy) is 1. The molecule has 2 aromatic rings. The molecule has 0 saturated carbocycles. The van der Waals surface area contributed by atoms with Crippen LogP contribution in [0.1, 0.15) is 5.89 Å². The minimum absolute atomic E-state index is 0.647. The molecule has 0 aliphatic rings. The van der Waals surface area contributed by atoms with Gasteiger partial charge in [0.25, 0.3) is 0 Å². The van der Waals surface area contributed by atoms with Crippen molar-refractivity contribution >= 4 is 0 Å². The predicted octanol–water partition coefficient (Wildman–Crippen LogP) is 1.28. The Morgan fingerprint density at radius 2 is 2.06 bits per heavy atom. The number of para-hydroxylation sites is 1. The molecule has 0 saturated heterocycles. The minimum Gasteiger partial charge on any atom is -0.492 e. The topological polar surface area (TPSA) is 60.2 Å². The van der Waals surface area contributed by atoms with Crippen molar-refractivity contribution in [2.45, 2.75) is 6.42 Å². The monoisotopic (exact) mass is 233 g/mol. The fourth-order valence-corrected chi connectivity index (χ4v) is 1.38. The van der Waals surface area contributed by atoms with E-state index in [2.05, 4.69) is 15.5 Å². The van der Waals surface area contributed by atoms with Crippen molar-refractivity contribution in [2.24, 2.45) is 0 Å². The lowest BCUT2D eigenvalue weighted by Gasteiger charge is -2.06. The lowest BCUT2D eigenvalue weighted by atomic mass is 10.3. The van der Waals surface area contributed by atoms with Crippen LogP contribution in [0.4, 0.5) is 0 Å². The second kappa shape index (κ2) is 6.65. The summed E-state index contributed by atoms with van der Waals surface area (Å²) < 4.78 is 10.4. The van der Waals surface area contributed by atoms with Gasteiger partial charge in [0.15, 0.2) is 6.33 Å². The Morgan fingerprint density at radius 1 is 1.18 bits per heavy atom. The summed E-state index contributed by atoms with van der Waals surface area (Å²) in [6.07, 6.45) is 2.15. The zero-order valence-corrected chi connectivity index (χ0v) is 9.50. The van der Waals surface area contributed by atoms with Crippen LogP contribution in [0.5, 0.6) is 5.75 Å². The molecule has 1 aromatic heterocycles. The SMILES string of the molecule is c1ccc(OCCNCCc2ncno2)cc1. The van der Waals surface area contributed by atoms with Gasteiger partial charge in [0, 0.05) is 19.5 Å². The zero-order chi connectivity index (χ0) is 11.8. The molecule has 0 spiro atoms. The summed E-state index contributed by atoms with van der Waals surface area (Å²) in [5.74, 6) is 1.55. The highest BCUT2D eigenvalue weighted by Crippen LogP contribution is 2.07. The molecule has 17 heavy (non-hydrogen) atoms. The van der Waals surface area contributed by atoms with E-state index in [1.165, 1.54) is 6.33 Å². The van der Waals surface area contributed by atoms with Gasteiger partial charge in [-0.1, -0.05) is 23.4 Å². The van der Waals surface area contributed by atoms with Crippen LogP contribution in [0, 0.1) is 0 Å². The van der Waals surface area contributed by atoms with Gasteiger partial charge in [-0.3, -0.25) is 0 Å². The van der Waals surface area contributed by atoms with E-state index in [0.717, 1.165) is 25.3 Å². The van der Waals surface area contributed by atoms with E-state index < -0.39 is 0 Å². The van der Waals surface area contributed by atoms with Gasteiger partial charge >= 0.3 is 0 Å². The normalized spacial score (nSPS) is 10.4. The van der Waals surface area contributed by atoms with Crippen LogP contribution in [0.3, 0.4) is 0 Å². The van der Waals surface area contributed by atoms with E-state index in [-0.39, 0.29) is 0 Å². The first-order chi connectivity index (χ1) is 8.45. The van der Waals surface area contributed by atoms with Gasteiger partial charge in [0.2, 0.25) is 5.89 Å². The van der Waals surface area contributed by atoms with Gasteiger partial charge in [-0.2, -0.15) is 4.98 Å². The van der Waals surface area contributed by atoms with Crippen molar-refractivity contribution in [1.29, 1.82) is 0 Å². The Hall–Kier alpha value is -1.88. The maximum Gasteiger partial charge on any atom is 0.227 e. The van der Waals surface area contributed by atoms with Gasteiger partial charge in [-0.25, -0.2) is 0 Å². The third kappa shape index (κ3) is 4.24. The number of rotatable bonds is 7. The number of nitrogens with one attached hydrogen (secondary N) is 1. The van der Waals surface area contributed by atoms with Crippen LogP contribution in [-0.2, 0) is 6.42 Å². The lowest BCUT2D eigenvalue weighted by molar-refractivity contribution is 0.312. The third-order valence-electron chi connectivity index (χ3n) is 2.21. The summed E-state index contributed by atoms with van der Waals surface area (Å²) in [7, 11) is 0. The molecule has 1 heterocycles. The molecular formula is C12H15N3O2. The molecule has 1 N–H and O–H groups in total. The summed E-state index contributed by atoms with van der Waals surface area (Å²) in [5, 5.41) is 6.78. The fraction of sp³-hybridized carbons (Fsp3) is 0.333. The van der Waals surface area contributed by atoms with Crippen molar-refractivity contribution in [2.75, 3.05) is 19.7 Å². The maximum absolute atomic E-state index is 5.53. The second-order valence-electron chi connectivity index (χ2n) is 3.50. The van der Waals surface area contributed by atoms with Crippen molar-refractivity contribution < 1.29 is 9.26 Å². The molecule has 90 valence electrons. The molecule has 5 heteroatoms. The van der Waals surface area contributed by atoms with Gasteiger partial charge in [0.1, 0.15) is 12.4 Å². The number of nitrogens with zero attached hydrogens (tertiary/aromatic N) is 2. The molecule has 0 atom stereocenters. The molecule has 0 radical (unpaired) electrons. The molecule has 5 nitrogen and oxygen atoms in total. The highest BCUT2D eigenvalue weighted by molar-refractivity contribution is 5.20. The summed E-state index contributed by atoms with van der Waals surface area (Å²) in [6.45, 7) is 2.25. The number of aromatic nitrogens is 2. The van der Waals surface area contributed by atoms with Gasteiger partial charge in [-0.05, 0) is 12.1 Å². The Bertz CT molecular complexity index is 403. The second-order valence-corrected chi connectivity index (χ2v) is 3.50. The van der Waals surface area contributed by atoms with E-state index in [4.69, 9.17) is 9.26 Å². The van der Waals surface area contributed by atoms with Crippen LogP contribution in [-0.4, -0.2) is 29.8 Å². The van der Waals surface area contributed by atoms with Crippen molar-refractivity contribution in [3.05, 3.63) is 42.5 Å². The Morgan fingerprint density at radius 3 is 2.82 bits per heavy atom. The zero-order valence-electron chi connectivity index (χ0n) is 9.50. The smallest absolute Gasteiger partial charge is 0.227 e. The van der Waals surface area contributed by atoms with Gasteiger partial charge in [-0.15, -0.1) is 0 Å². The lowest BCUT2D eigenvalue weighted by Crippen LogP contribution is -2.23. The largest absolute Gasteiger partial charge is 0.492 e. The molecule has 0 aliphatic carbocycles. The summed E-state index contributed by atoms with van der Waals surface area (Å²) >= 11 is 0. The number of hydrogen-bond donors (Lipinski definition) is 1. The molecule has 2 rings (SSSR count). The van der Waals surface area contributed by atoms with Gasteiger partial charge in [0.05, 0.1) is 0 Å². The summed E-state index contributed by atoms with van der Waals surface area (Å²) in [6, 6.07) is 9.77. The predicted molar refractivity (Wildman–Crippen MR) is 62.8 cm³/mol. The van der Waals surface area contributed by atoms with Crippen LogP contribution in [0.15, 0.2) is 41.2 Å². The maximum atomic E-state index is 5.53. The molecular weight excluding hydrogens is 218 g/mol. The molecule has 0 amide bonds. The van der Waals surface area contributed by atoms with Crippen molar-refractivity contribution in [3.63, 3.8) is 0 Å². The van der Waals surface area contributed by atoms with Crippen molar-refractivity contribution in [3.8, 4) is 5.75 Å². The van der Waals surface area contributed by atoms with E-state index in [1.54, 1.807) is 0 Å². The Labute approximate surface area is 99.8 Å². The average Bonchev–Trinajstić information content (AvgIpc) is 2.88. The first kappa shape index (κ1) is 11.6. The fourth-order valence-electron chi connectivity index (χ4n) is 1.38. The van der Waals surface area contributed by atoms with Crippen LogP contribution >= 0.6 is 0 Å². The van der Waals surface area contributed by atoms with Crippen LogP contribution in [0.2, 0.25) is 0 Å². The third-order valence-corrected chi connectivity index (χ3v) is 2.21.